The van der Waals surface area contributed by atoms with Crippen LogP contribution in [0.2, 0.25) is 0 Å². The fourth-order valence-corrected chi connectivity index (χ4v) is 2.26. The van der Waals surface area contributed by atoms with Crippen LogP contribution in [0.4, 0.5) is 5.69 Å². The van der Waals surface area contributed by atoms with Gasteiger partial charge in [-0.1, -0.05) is 12.1 Å². The normalized spacial score (nSPS) is 13.9. The number of hydrogen-bond donors (Lipinski definition) is 1. The maximum absolute atomic E-state index is 5.13. The summed E-state index contributed by atoms with van der Waals surface area (Å²) < 4.78 is 5.13. The lowest BCUT2D eigenvalue weighted by Gasteiger charge is -2.21. The van der Waals surface area contributed by atoms with Crippen molar-refractivity contribution in [1.29, 1.82) is 0 Å². The standard InChI is InChI=1S/C15H23N3O.ClH/c1-12-5-4-6-14(13(12)2)17-11-15-16-7-8-18(15)9-10-19-3;/h4-6,17H,7-11H2,1-3H3;1H. The van der Waals surface area contributed by atoms with E-state index in [9.17, 15) is 0 Å². The Morgan fingerprint density at radius 1 is 1.35 bits per heavy atom. The predicted octanol–water partition coefficient (Wildman–Crippen LogP) is 2.50. The number of methoxy groups -OCH3 is 1. The summed E-state index contributed by atoms with van der Waals surface area (Å²) in [6.45, 7) is 8.65. The maximum atomic E-state index is 5.13. The van der Waals surface area contributed by atoms with Gasteiger partial charge in [-0.3, -0.25) is 4.99 Å². The van der Waals surface area contributed by atoms with Gasteiger partial charge in [-0.05, 0) is 31.0 Å². The number of nitrogens with one attached hydrogen (secondary N) is 1. The Morgan fingerprint density at radius 2 is 2.15 bits per heavy atom. The van der Waals surface area contributed by atoms with Crippen molar-refractivity contribution in [2.75, 3.05) is 45.2 Å². The smallest absolute Gasteiger partial charge is 0.119 e. The molecule has 0 bridgehead atoms. The van der Waals surface area contributed by atoms with Gasteiger partial charge >= 0.3 is 0 Å². The van der Waals surface area contributed by atoms with Gasteiger partial charge in [0.05, 0.1) is 19.7 Å². The first kappa shape index (κ1) is 16.8. The SMILES string of the molecule is COCCN1CCN=C1CNc1cccc(C)c1C.Cl. The van der Waals surface area contributed by atoms with E-state index in [0.717, 1.165) is 38.6 Å². The number of nitrogens with zero attached hydrogens (tertiary/aromatic N) is 2. The molecule has 1 aromatic carbocycles. The average Bonchev–Trinajstić information content (AvgIpc) is 2.85. The Bertz CT molecular complexity index is 462. The molecular formula is C15H24ClN3O. The van der Waals surface area contributed by atoms with Crippen LogP contribution < -0.4 is 5.32 Å². The van der Waals surface area contributed by atoms with Gasteiger partial charge in [0.2, 0.25) is 0 Å². The van der Waals surface area contributed by atoms with Gasteiger partial charge in [0.25, 0.3) is 0 Å². The summed E-state index contributed by atoms with van der Waals surface area (Å²) >= 11 is 0. The molecule has 2 rings (SSSR count). The van der Waals surface area contributed by atoms with E-state index in [2.05, 4.69) is 47.3 Å². The summed E-state index contributed by atoms with van der Waals surface area (Å²) in [6, 6.07) is 6.35. The van der Waals surface area contributed by atoms with E-state index in [-0.39, 0.29) is 12.4 Å². The van der Waals surface area contributed by atoms with Crippen LogP contribution in [0.25, 0.3) is 0 Å². The zero-order chi connectivity index (χ0) is 13.7. The number of hydrogen-bond acceptors (Lipinski definition) is 4. The van der Waals surface area contributed by atoms with Crippen molar-refractivity contribution in [3.8, 4) is 0 Å². The summed E-state index contributed by atoms with van der Waals surface area (Å²) in [5, 5.41) is 3.49. The molecule has 20 heavy (non-hydrogen) atoms. The number of ether oxygens (including phenoxy) is 1. The zero-order valence-electron chi connectivity index (χ0n) is 12.5. The first-order valence-corrected chi connectivity index (χ1v) is 6.79. The molecule has 0 spiro atoms. The van der Waals surface area contributed by atoms with Gasteiger partial charge in [-0.15, -0.1) is 12.4 Å². The molecule has 1 aromatic rings. The first-order valence-electron chi connectivity index (χ1n) is 6.79. The van der Waals surface area contributed by atoms with E-state index in [1.807, 2.05) is 0 Å². The summed E-state index contributed by atoms with van der Waals surface area (Å²) in [6.07, 6.45) is 0. The molecule has 0 fully saturated rings. The molecule has 0 amide bonds. The van der Waals surface area contributed by atoms with Crippen LogP contribution in [-0.4, -0.2) is 50.6 Å². The molecule has 0 saturated heterocycles. The van der Waals surface area contributed by atoms with Gasteiger partial charge in [-0.2, -0.15) is 0 Å². The van der Waals surface area contributed by atoms with Crippen molar-refractivity contribution < 1.29 is 4.74 Å². The average molecular weight is 298 g/mol. The van der Waals surface area contributed by atoms with Gasteiger partial charge in [0.15, 0.2) is 0 Å². The third-order valence-corrected chi connectivity index (χ3v) is 3.64. The predicted molar refractivity (Wildman–Crippen MR) is 87.4 cm³/mol. The second-order valence-electron chi connectivity index (χ2n) is 4.88. The molecule has 0 radical (unpaired) electrons. The lowest BCUT2D eigenvalue weighted by atomic mass is 10.1. The van der Waals surface area contributed by atoms with Gasteiger partial charge < -0.3 is 15.0 Å². The van der Waals surface area contributed by atoms with Crippen molar-refractivity contribution in [2.24, 2.45) is 4.99 Å². The largest absolute Gasteiger partial charge is 0.383 e. The molecule has 0 unspecified atom stereocenters. The zero-order valence-corrected chi connectivity index (χ0v) is 13.3. The van der Waals surface area contributed by atoms with E-state index in [0.29, 0.717) is 0 Å². The number of halogens is 1. The highest BCUT2D eigenvalue weighted by molar-refractivity contribution is 5.87. The number of rotatable bonds is 6. The Hall–Kier alpha value is -1.26. The van der Waals surface area contributed by atoms with Crippen LogP contribution in [0.3, 0.4) is 0 Å². The molecular weight excluding hydrogens is 274 g/mol. The minimum absolute atomic E-state index is 0. The molecule has 112 valence electrons. The summed E-state index contributed by atoms with van der Waals surface area (Å²) in [7, 11) is 1.74. The van der Waals surface area contributed by atoms with Crippen molar-refractivity contribution in [3.63, 3.8) is 0 Å². The Kier molecular flexibility index (Phi) is 6.82. The summed E-state index contributed by atoms with van der Waals surface area (Å²) in [5.41, 5.74) is 3.82. The maximum Gasteiger partial charge on any atom is 0.119 e. The van der Waals surface area contributed by atoms with Crippen LogP contribution in [0.5, 0.6) is 0 Å². The van der Waals surface area contributed by atoms with Crippen LogP contribution >= 0.6 is 12.4 Å². The monoisotopic (exact) mass is 297 g/mol. The minimum atomic E-state index is 0. The second-order valence-corrected chi connectivity index (χ2v) is 4.88. The van der Waals surface area contributed by atoms with Crippen LogP contribution in [0, 0.1) is 13.8 Å². The topological polar surface area (TPSA) is 36.9 Å². The Morgan fingerprint density at radius 3 is 2.90 bits per heavy atom. The van der Waals surface area contributed by atoms with E-state index >= 15 is 0 Å². The fourth-order valence-electron chi connectivity index (χ4n) is 2.26. The van der Waals surface area contributed by atoms with E-state index in [1.165, 1.54) is 16.8 Å². The molecule has 0 aromatic heterocycles. The van der Waals surface area contributed by atoms with Crippen LogP contribution in [-0.2, 0) is 4.74 Å². The van der Waals surface area contributed by atoms with Crippen molar-refractivity contribution in [3.05, 3.63) is 29.3 Å². The molecule has 5 heteroatoms. The lowest BCUT2D eigenvalue weighted by molar-refractivity contribution is 0.179. The third-order valence-electron chi connectivity index (χ3n) is 3.64. The van der Waals surface area contributed by atoms with E-state index in [1.54, 1.807) is 7.11 Å². The molecule has 4 nitrogen and oxygen atoms in total. The molecule has 0 aliphatic carbocycles. The molecule has 1 aliphatic rings. The van der Waals surface area contributed by atoms with Crippen molar-refractivity contribution in [1.82, 2.24) is 4.90 Å². The quantitative estimate of drug-likeness (QED) is 0.876. The first-order chi connectivity index (χ1) is 9.22. The van der Waals surface area contributed by atoms with Gasteiger partial charge in [-0.25, -0.2) is 0 Å². The van der Waals surface area contributed by atoms with Gasteiger partial charge in [0, 0.05) is 25.9 Å². The lowest BCUT2D eigenvalue weighted by Crippen LogP contribution is -2.35. The number of benzene rings is 1. The number of aliphatic imine (C=N–C) groups is 1. The number of amidine groups is 1. The summed E-state index contributed by atoms with van der Waals surface area (Å²) in [4.78, 5) is 6.86. The van der Waals surface area contributed by atoms with Gasteiger partial charge in [0.1, 0.15) is 5.84 Å². The highest BCUT2D eigenvalue weighted by Gasteiger charge is 2.16. The molecule has 1 aliphatic heterocycles. The number of aryl methyl sites for hydroxylation is 1. The highest BCUT2D eigenvalue weighted by Crippen LogP contribution is 2.18. The molecule has 1 N–H and O–H groups in total. The molecule has 0 atom stereocenters. The van der Waals surface area contributed by atoms with Crippen molar-refractivity contribution >= 4 is 23.9 Å². The highest BCUT2D eigenvalue weighted by atomic mass is 35.5. The van der Waals surface area contributed by atoms with Crippen molar-refractivity contribution in [2.45, 2.75) is 13.8 Å². The van der Waals surface area contributed by atoms with E-state index < -0.39 is 0 Å². The fraction of sp³-hybridized carbons (Fsp3) is 0.533. The summed E-state index contributed by atoms with van der Waals surface area (Å²) in [5.74, 6) is 1.14. The number of anilines is 1. The molecule has 0 saturated carbocycles. The van der Waals surface area contributed by atoms with Crippen LogP contribution in [0.15, 0.2) is 23.2 Å². The Labute approximate surface area is 127 Å². The minimum Gasteiger partial charge on any atom is -0.383 e. The van der Waals surface area contributed by atoms with E-state index in [4.69, 9.17) is 4.74 Å². The second kappa shape index (κ2) is 8.12. The van der Waals surface area contributed by atoms with Crippen LogP contribution in [0.1, 0.15) is 11.1 Å². The molecule has 1 heterocycles. The Balaban J connectivity index is 0.00000200. The third kappa shape index (κ3) is 4.12.